The lowest BCUT2D eigenvalue weighted by atomic mass is 9.78. The van der Waals surface area contributed by atoms with E-state index in [2.05, 4.69) is 59.9 Å². The van der Waals surface area contributed by atoms with Crippen molar-refractivity contribution < 1.29 is 0 Å². The first-order chi connectivity index (χ1) is 10.4. The van der Waals surface area contributed by atoms with Gasteiger partial charge in [0.1, 0.15) is 0 Å². The summed E-state index contributed by atoms with van der Waals surface area (Å²) in [4.78, 5) is 0. The molecule has 2 aliphatic rings. The van der Waals surface area contributed by atoms with Gasteiger partial charge in [-0.05, 0) is 60.3 Å². The van der Waals surface area contributed by atoms with Gasteiger partial charge in [0, 0.05) is 6.54 Å². The van der Waals surface area contributed by atoms with Crippen molar-refractivity contribution in [2.45, 2.75) is 37.6 Å². The quantitative estimate of drug-likeness (QED) is 0.888. The Labute approximate surface area is 127 Å². The van der Waals surface area contributed by atoms with Crippen LogP contribution >= 0.6 is 0 Å². The van der Waals surface area contributed by atoms with E-state index in [0.29, 0.717) is 5.41 Å². The molecule has 0 radical (unpaired) electrons. The molecular formula is C20H23N. The maximum atomic E-state index is 3.67. The highest BCUT2D eigenvalue weighted by atomic mass is 14.9. The Balaban J connectivity index is 1.40. The Morgan fingerprint density at radius 2 is 1.81 bits per heavy atom. The Bertz CT molecular complexity index is 619. The van der Waals surface area contributed by atoms with Crippen LogP contribution < -0.4 is 5.32 Å². The standard InChI is InChI=1S/C20H23N/c1-2-7-16(8-3-1)14-21-15-18-13-20(18)12-6-10-17-9-4-5-11-19(17)20/h1-5,7-9,11,18,21H,6,10,12-15H2/t18-,20-/m1/s1. The zero-order valence-corrected chi connectivity index (χ0v) is 12.5. The van der Waals surface area contributed by atoms with Gasteiger partial charge in [-0.15, -0.1) is 0 Å². The van der Waals surface area contributed by atoms with Gasteiger partial charge in [0.15, 0.2) is 0 Å². The van der Waals surface area contributed by atoms with E-state index < -0.39 is 0 Å². The topological polar surface area (TPSA) is 12.0 Å². The molecule has 0 heterocycles. The van der Waals surface area contributed by atoms with Crippen molar-refractivity contribution >= 4 is 0 Å². The van der Waals surface area contributed by atoms with Gasteiger partial charge in [-0.25, -0.2) is 0 Å². The third-order valence-electron chi connectivity index (χ3n) is 5.42. The highest BCUT2D eigenvalue weighted by Crippen LogP contribution is 2.59. The van der Waals surface area contributed by atoms with Crippen molar-refractivity contribution in [1.29, 1.82) is 0 Å². The highest BCUT2D eigenvalue weighted by molar-refractivity contribution is 5.42. The second kappa shape index (κ2) is 5.31. The number of nitrogens with one attached hydrogen (secondary N) is 1. The monoisotopic (exact) mass is 277 g/mol. The van der Waals surface area contributed by atoms with E-state index in [1.165, 1.54) is 31.2 Å². The van der Waals surface area contributed by atoms with Gasteiger partial charge in [0.2, 0.25) is 0 Å². The molecule has 2 aromatic rings. The van der Waals surface area contributed by atoms with Crippen LogP contribution in [0.2, 0.25) is 0 Å². The summed E-state index contributed by atoms with van der Waals surface area (Å²) in [5, 5.41) is 3.67. The molecule has 2 aromatic carbocycles. The lowest BCUT2D eigenvalue weighted by Crippen LogP contribution is -2.24. The average Bonchev–Trinajstić information content (AvgIpc) is 3.22. The largest absolute Gasteiger partial charge is 0.312 e. The number of hydrogen-bond donors (Lipinski definition) is 1. The van der Waals surface area contributed by atoms with Gasteiger partial charge in [0.05, 0.1) is 0 Å². The molecule has 1 N–H and O–H groups in total. The van der Waals surface area contributed by atoms with Crippen LogP contribution in [0.15, 0.2) is 54.6 Å². The summed E-state index contributed by atoms with van der Waals surface area (Å²) >= 11 is 0. The first kappa shape index (κ1) is 13.1. The normalized spacial score (nSPS) is 26.6. The molecule has 108 valence electrons. The van der Waals surface area contributed by atoms with Gasteiger partial charge in [-0.2, -0.15) is 0 Å². The number of aryl methyl sites for hydroxylation is 1. The molecule has 1 saturated carbocycles. The molecule has 1 spiro atoms. The molecule has 0 aromatic heterocycles. The fraction of sp³-hybridized carbons (Fsp3) is 0.400. The van der Waals surface area contributed by atoms with Gasteiger partial charge in [-0.3, -0.25) is 0 Å². The van der Waals surface area contributed by atoms with Gasteiger partial charge in [-0.1, -0.05) is 54.6 Å². The Hall–Kier alpha value is -1.60. The zero-order valence-electron chi connectivity index (χ0n) is 12.5. The average molecular weight is 277 g/mol. The van der Waals surface area contributed by atoms with Crippen molar-refractivity contribution in [1.82, 2.24) is 5.32 Å². The molecule has 0 bridgehead atoms. The van der Waals surface area contributed by atoms with Gasteiger partial charge < -0.3 is 5.32 Å². The minimum Gasteiger partial charge on any atom is -0.312 e. The van der Waals surface area contributed by atoms with Gasteiger partial charge in [0.25, 0.3) is 0 Å². The molecule has 0 amide bonds. The summed E-state index contributed by atoms with van der Waals surface area (Å²) in [5.41, 5.74) is 5.16. The number of fused-ring (bicyclic) bond motifs is 2. The van der Waals surface area contributed by atoms with Crippen LogP contribution in [0.5, 0.6) is 0 Å². The summed E-state index contributed by atoms with van der Waals surface area (Å²) in [6, 6.07) is 19.9. The molecule has 2 atom stereocenters. The van der Waals surface area contributed by atoms with E-state index >= 15 is 0 Å². The maximum Gasteiger partial charge on any atom is 0.0205 e. The maximum absolute atomic E-state index is 3.67. The lowest BCUT2D eigenvalue weighted by molar-refractivity contribution is 0.479. The summed E-state index contributed by atoms with van der Waals surface area (Å²) < 4.78 is 0. The van der Waals surface area contributed by atoms with Crippen molar-refractivity contribution in [2.75, 3.05) is 6.54 Å². The third kappa shape index (κ3) is 2.40. The van der Waals surface area contributed by atoms with E-state index in [1.54, 1.807) is 11.1 Å². The second-order valence-corrected chi connectivity index (χ2v) is 6.68. The predicted molar refractivity (Wildman–Crippen MR) is 87.3 cm³/mol. The molecule has 1 heteroatoms. The first-order valence-electron chi connectivity index (χ1n) is 8.21. The molecule has 0 unspecified atom stereocenters. The molecule has 0 aliphatic heterocycles. The zero-order chi connectivity index (χ0) is 14.1. The fourth-order valence-corrected chi connectivity index (χ4v) is 4.22. The van der Waals surface area contributed by atoms with Crippen LogP contribution in [0, 0.1) is 5.92 Å². The minimum atomic E-state index is 0.512. The molecule has 21 heavy (non-hydrogen) atoms. The van der Waals surface area contributed by atoms with Crippen LogP contribution in [-0.4, -0.2) is 6.54 Å². The van der Waals surface area contributed by atoms with Crippen LogP contribution in [0.4, 0.5) is 0 Å². The smallest absolute Gasteiger partial charge is 0.0205 e. The van der Waals surface area contributed by atoms with Crippen molar-refractivity contribution in [3.05, 3.63) is 71.3 Å². The molecule has 4 rings (SSSR count). The van der Waals surface area contributed by atoms with E-state index in [0.717, 1.165) is 19.0 Å². The Kier molecular flexibility index (Phi) is 3.31. The summed E-state index contributed by atoms with van der Waals surface area (Å²) in [6.45, 7) is 2.15. The number of benzene rings is 2. The summed E-state index contributed by atoms with van der Waals surface area (Å²) in [6.07, 6.45) is 5.42. The molecule has 1 fully saturated rings. The molecule has 1 nitrogen and oxygen atoms in total. The van der Waals surface area contributed by atoms with Crippen molar-refractivity contribution in [3.63, 3.8) is 0 Å². The van der Waals surface area contributed by atoms with Crippen LogP contribution in [0.1, 0.15) is 36.0 Å². The first-order valence-corrected chi connectivity index (χ1v) is 8.21. The molecule has 2 aliphatic carbocycles. The predicted octanol–water partition coefficient (Wildman–Crippen LogP) is 4.07. The number of rotatable bonds is 4. The Morgan fingerprint density at radius 1 is 1.00 bits per heavy atom. The minimum absolute atomic E-state index is 0.512. The van der Waals surface area contributed by atoms with Crippen LogP contribution in [0.25, 0.3) is 0 Å². The molecular weight excluding hydrogens is 254 g/mol. The van der Waals surface area contributed by atoms with E-state index in [-0.39, 0.29) is 0 Å². The summed E-state index contributed by atoms with van der Waals surface area (Å²) in [5.74, 6) is 0.836. The molecule has 0 saturated heterocycles. The second-order valence-electron chi connectivity index (χ2n) is 6.68. The summed E-state index contributed by atoms with van der Waals surface area (Å²) in [7, 11) is 0. The van der Waals surface area contributed by atoms with Crippen LogP contribution in [-0.2, 0) is 18.4 Å². The van der Waals surface area contributed by atoms with Crippen molar-refractivity contribution in [2.24, 2.45) is 5.92 Å². The number of hydrogen-bond acceptors (Lipinski definition) is 1. The van der Waals surface area contributed by atoms with Crippen molar-refractivity contribution in [3.8, 4) is 0 Å². The Morgan fingerprint density at radius 3 is 2.71 bits per heavy atom. The van der Waals surface area contributed by atoms with Crippen LogP contribution in [0.3, 0.4) is 0 Å². The van der Waals surface area contributed by atoms with E-state index in [1.807, 2.05) is 0 Å². The highest BCUT2D eigenvalue weighted by Gasteiger charge is 2.55. The van der Waals surface area contributed by atoms with Gasteiger partial charge >= 0.3 is 0 Å². The fourth-order valence-electron chi connectivity index (χ4n) is 4.22. The SMILES string of the molecule is c1ccc(CNC[C@H]2C[C@]23CCCc2ccccc23)cc1. The lowest BCUT2D eigenvalue weighted by Gasteiger charge is -2.26. The van der Waals surface area contributed by atoms with E-state index in [9.17, 15) is 0 Å². The van der Waals surface area contributed by atoms with E-state index in [4.69, 9.17) is 0 Å². The third-order valence-corrected chi connectivity index (χ3v) is 5.42.